The van der Waals surface area contributed by atoms with Crippen molar-refractivity contribution in [2.24, 2.45) is 0 Å². The highest BCUT2D eigenvalue weighted by Gasteiger charge is 2.36. The normalized spacial score (nSPS) is 15.5. The molecule has 0 unspecified atom stereocenters. The number of barbiturate groups is 1. The Hall–Kier alpha value is -3.32. The molecule has 1 heterocycles. The van der Waals surface area contributed by atoms with Gasteiger partial charge in [-0.2, -0.15) is 0 Å². The predicted molar refractivity (Wildman–Crippen MR) is 109 cm³/mol. The van der Waals surface area contributed by atoms with E-state index in [0.717, 1.165) is 4.90 Å². The van der Waals surface area contributed by atoms with Crippen LogP contribution in [0.2, 0.25) is 5.02 Å². The number of benzene rings is 2. The summed E-state index contributed by atoms with van der Waals surface area (Å²) in [5.74, 6) is -0.390. The Kier molecular flexibility index (Phi) is 6.19. The first-order chi connectivity index (χ1) is 13.9. The molecule has 8 heteroatoms. The highest BCUT2D eigenvalue weighted by Crippen LogP contribution is 2.28. The van der Waals surface area contributed by atoms with E-state index in [4.69, 9.17) is 21.1 Å². The lowest BCUT2D eigenvalue weighted by molar-refractivity contribution is -0.122. The van der Waals surface area contributed by atoms with Crippen molar-refractivity contribution in [3.8, 4) is 11.5 Å². The summed E-state index contributed by atoms with van der Waals surface area (Å²) in [6.45, 7) is 4.64. The quantitative estimate of drug-likeness (QED) is 0.574. The van der Waals surface area contributed by atoms with Crippen LogP contribution in [-0.2, 0) is 9.59 Å². The van der Waals surface area contributed by atoms with Crippen LogP contribution in [0.3, 0.4) is 0 Å². The molecule has 0 atom stereocenters. The summed E-state index contributed by atoms with van der Waals surface area (Å²) in [6.07, 6.45) is 1.38. The number of rotatable bonds is 6. The average Bonchev–Trinajstić information content (AvgIpc) is 2.69. The van der Waals surface area contributed by atoms with Crippen LogP contribution < -0.4 is 19.7 Å². The molecule has 1 aliphatic heterocycles. The van der Waals surface area contributed by atoms with Crippen molar-refractivity contribution in [2.75, 3.05) is 18.1 Å². The molecule has 2 aromatic rings. The number of imide groups is 2. The van der Waals surface area contributed by atoms with Gasteiger partial charge in [0.2, 0.25) is 0 Å². The van der Waals surface area contributed by atoms with E-state index < -0.39 is 17.8 Å². The first-order valence-corrected chi connectivity index (χ1v) is 9.39. The zero-order chi connectivity index (χ0) is 21.0. The standard InChI is InChI=1S/C21H19ClN2O5/c1-3-28-15-8-6-14(7-9-15)24-20(26)16(19(25)23-21(24)27)11-13-5-10-18(29-4-2)17(22)12-13/h5-12H,3-4H2,1-2H3,(H,23,25,27). The molecule has 150 valence electrons. The lowest BCUT2D eigenvalue weighted by Gasteiger charge is -2.26. The number of ether oxygens (including phenoxy) is 2. The molecule has 2 aromatic carbocycles. The minimum atomic E-state index is -0.814. The van der Waals surface area contributed by atoms with Gasteiger partial charge in [-0.05, 0) is 61.9 Å². The van der Waals surface area contributed by atoms with Gasteiger partial charge in [0.25, 0.3) is 11.8 Å². The van der Waals surface area contributed by atoms with Gasteiger partial charge >= 0.3 is 6.03 Å². The van der Waals surface area contributed by atoms with Gasteiger partial charge in [0.05, 0.1) is 23.9 Å². The van der Waals surface area contributed by atoms with E-state index in [9.17, 15) is 14.4 Å². The third-order valence-electron chi connectivity index (χ3n) is 4.07. The number of carbonyl (C=O) groups is 3. The number of anilines is 1. The van der Waals surface area contributed by atoms with Crippen molar-refractivity contribution < 1.29 is 23.9 Å². The fraction of sp³-hybridized carbons (Fsp3) is 0.190. The Bertz CT molecular complexity index is 985. The number of hydrogen-bond acceptors (Lipinski definition) is 5. The van der Waals surface area contributed by atoms with Gasteiger partial charge in [-0.25, -0.2) is 9.69 Å². The third kappa shape index (κ3) is 4.41. The van der Waals surface area contributed by atoms with E-state index >= 15 is 0 Å². The minimum Gasteiger partial charge on any atom is -0.494 e. The second-order valence-electron chi connectivity index (χ2n) is 6.01. The number of hydrogen-bond donors (Lipinski definition) is 1. The Morgan fingerprint density at radius 3 is 2.31 bits per heavy atom. The van der Waals surface area contributed by atoms with E-state index in [1.54, 1.807) is 42.5 Å². The molecule has 3 rings (SSSR count). The lowest BCUT2D eigenvalue weighted by atomic mass is 10.1. The van der Waals surface area contributed by atoms with E-state index in [0.29, 0.717) is 41.0 Å². The predicted octanol–water partition coefficient (Wildman–Crippen LogP) is 3.80. The molecule has 0 aromatic heterocycles. The van der Waals surface area contributed by atoms with Crippen LogP contribution >= 0.6 is 11.6 Å². The number of amides is 4. The first kappa shape index (κ1) is 20.4. The molecule has 0 bridgehead atoms. The molecule has 4 amide bonds. The van der Waals surface area contributed by atoms with Gasteiger partial charge < -0.3 is 9.47 Å². The third-order valence-corrected chi connectivity index (χ3v) is 4.37. The topological polar surface area (TPSA) is 84.9 Å². The molecule has 7 nitrogen and oxygen atoms in total. The maximum Gasteiger partial charge on any atom is 0.335 e. The van der Waals surface area contributed by atoms with Crippen molar-refractivity contribution in [1.29, 1.82) is 0 Å². The lowest BCUT2D eigenvalue weighted by Crippen LogP contribution is -2.54. The summed E-state index contributed by atoms with van der Waals surface area (Å²) >= 11 is 6.17. The number of halogens is 1. The monoisotopic (exact) mass is 414 g/mol. The SMILES string of the molecule is CCOc1ccc(N2C(=O)NC(=O)C(=Cc3ccc(OCC)c(Cl)c3)C2=O)cc1. The molecule has 29 heavy (non-hydrogen) atoms. The number of nitrogens with one attached hydrogen (secondary N) is 1. The van der Waals surface area contributed by atoms with Crippen LogP contribution in [0.5, 0.6) is 11.5 Å². The van der Waals surface area contributed by atoms with Crippen molar-refractivity contribution in [3.05, 3.63) is 58.6 Å². The Balaban J connectivity index is 1.92. The molecule has 0 aliphatic carbocycles. The molecule has 0 spiro atoms. The largest absolute Gasteiger partial charge is 0.494 e. The van der Waals surface area contributed by atoms with Crippen LogP contribution in [0.25, 0.3) is 6.08 Å². The Labute approximate surface area is 172 Å². The molecule has 1 N–H and O–H groups in total. The van der Waals surface area contributed by atoms with Crippen LogP contribution in [0.1, 0.15) is 19.4 Å². The second-order valence-corrected chi connectivity index (χ2v) is 6.41. The summed E-state index contributed by atoms with van der Waals surface area (Å²) < 4.78 is 10.7. The maximum atomic E-state index is 12.9. The molecule has 0 radical (unpaired) electrons. The van der Waals surface area contributed by atoms with Gasteiger partial charge in [-0.3, -0.25) is 14.9 Å². The van der Waals surface area contributed by atoms with Crippen molar-refractivity contribution >= 4 is 41.2 Å². The van der Waals surface area contributed by atoms with Crippen LogP contribution in [0.15, 0.2) is 48.0 Å². The molecule has 1 fully saturated rings. The molecular weight excluding hydrogens is 396 g/mol. The summed E-state index contributed by atoms with van der Waals surface area (Å²) in [4.78, 5) is 38.3. The van der Waals surface area contributed by atoms with Crippen molar-refractivity contribution in [2.45, 2.75) is 13.8 Å². The zero-order valence-corrected chi connectivity index (χ0v) is 16.7. The van der Waals surface area contributed by atoms with Crippen molar-refractivity contribution in [3.63, 3.8) is 0 Å². The number of nitrogens with zero attached hydrogens (tertiary/aromatic N) is 1. The van der Waals surface area contributed by atoms with E-state index in [1.165, 1.54) is 6.08 Å². The van der Waals surface area contributed by atoms with E-state index in [2.05, 4.69) is 5.32 Å². The summed E-state index contributed by atoms with van der Waals surface area (Å²) in [7, 11) is 0. The summed E-state index contributed by atoms with van der Waals surface area (Å²) in [5.41, 5.74) is 0.663. The molecule has 0 saturated carbocycles. The zero-order valence-electron chi connectivity index (χ0n) is 15.9. The smallest absolute Gasteiger partial charge is 0.335 e. The average molecular weight is 415 g/mol. The highest BCUT2D eigenvalue weighted by atomic mass is 35.5. The summed E-state index contributed by atoms with van der Waals surface area (Å²) in [5, 5.41) is 2.54. The van der Waals surface area contributed by atoms with Gasteiger partial charge in [0.15, 0.2) is 0 Å². The maximum absolute atomic E-state index is 12.9. The number of urea groups is 1. The van der Waals surface area contributed by atoms with Crippen LogP contribution in [0.4, 0.5) is 10.5 Å². The fourth-order valence-electron chi connectivity index (χ4n) is 2.80. The van der Waals surface area contributed by atoms with Gasteiger partial charge in [0, 0.05) is 0 Å². The Morgan fingerprint density at radius 1 is 1.00 bits per heavy atom. The van der Waals surface area contributed by atoms with Crippen LogP contribution in [0, 0.1) is 0 Å². The van der Waals surface area contributed by atoms with Gasteiger partial charge in [-0.1, -0.05) is 17.7 Å². The van der Waals surface area contributed by atoms with Crippen molar-refractivity contribution in [1.82, 2.24) is 5.32 Å². The minimum absolute atomic E-state index is 0.182. The fourth-order valence-corrected chi connectivity index (χ4v) is 3.04. The first-order valence-electron chi connectivity index (χ1n) is 9.01. The highest BCUT2D eigenvalue weighted by molar-refractivity contribution is 6.39. The number of carbonyl (C=O) groups excluding carboxylic acids is 3. The molecule has 1 aliphatic rings. The molecular formula is C21H19ClN2O5. The summed E-state index contributed by atoms with van der Waals surface area (Å²) in [6, 6.07) is 10.5. The molecule has 1 saturated heterocycles. The second kappa shape index (κ2) is 8.79. The van der Waals surface area contributed by atoms with E-state index in [1.807, 2.05) is 13.8 Å². The van der Waals surface area contributed by atoms with Gasteiger partial charge in [-0.15, -0.1) is 0 Å². The van der Waals surface area contributed by atoms with E-state index in [-0.39, 0.29) is 5.57 Å². The van der Waals surface area contributed by atoms with Gasteiger partial charge in [0.1, 0.15) is 17.1 Å². The van der Waals surface area contributed by atoms with Crippen LogP contribution in [-0.4, -0.2) is 31.1 Å². The Morgan fingerprint density at radius 2 is 1.69 bits per heavy atom.